The van der Waals surface area contributed by atoms with Gasteiger partial charge in [-0.3, -0.25) is 0 Å². The van der Waals surface area contributed by atoms with Crippen molar-refractivity contribution in [3.8, 4) is 6.07 Å². The van der Waals surface area contributed by atoms with Crippen LogP contribution in [0.5, 0.6) is 0 Å². The van der Waals surface area contributed by atoms with Gasteiger partial charge in [-0.2, -0.15) is 5.26 Å². The fraction of sp³-hybridized carbons (Fsp3) is 0.100. The van der Waals surface area contributed by atoms with Crippen molar-refractivity contribution < 1.29 is 8.42 Å². The van der Waals surface area contributed by atoms with Gasteiger partial charge in [0.15, 0.2) is 4.91 Å². The van der Waals surface area contributed by atoms with E-state index in [1.165, 1.54) is 6.07 Å². The van der Waals surface area contributed by atoms with Crippen LogP contribution in [0.25, 0.3) is 0 Å². The maximum absolute atomic E-state index is 11.8. The maximum Gasteiger partial charge on any atom is 0.218 e. The Kier molecular flexibility index (Phi) is 3.12. The largest absolute Gasteiger partial charge is 0.403 e. The highest BCUT2D eigenvalue weighted by Gasteiger charge is 2.21. The molecule has 0 aromatic heterocycles. The molecule has 5 heteroatoms. The third kappa shape index (κ3) is 2.00. The molecule has 0 fully saturated rings. The number of benzene rings is 1. The van der Waals surface area contributed by atoms with Crippen molar-refractivity contribution in [2.24, 2.45) is 5.73 Å². The van der Waals surface area contributed by atoms with Crippen LogP contribution in [0.1, 0.15) is 5.56 Å². The molecule has 0 atom stereocenters. The highest BCUT2D eigenvalue weighted by atomic mass is 32.2. The second-order valence-corrected chi connectivity index (χ2v) is 4.80. The molecule has 0 aliphatic rings. The molecule has 0 aliphatic carbocycles. The summed E-state index contributed by atoms with van der Waals surface area (Å²) in [6.07, 6.45) is 0.807. The first-order valence-electron chi connectivity index (χ1n) is 4.16. The zero-order valence-corrected chi connectivity index (χ0v) is 8.95. The molecule has 2 N–H and O–H groups in total. The standard InChI is InChI=1S/C10H10N2O2S/c1-8-4-2-3-5-10(8)15(13,14)9(6-11)7-12/h2-6H,11H2,1H3. The molecule has 1 rings (SSSR count). The average Bonchev–Trinajstić information content (AvgIpc) is 2.19. The van der Waals surface area contributed by atoms with Crippen molar-refractivity contribution in [1.29, 1.82) is 5.26 Å². The lowest BCUT2D eigenvalue weighted by Gasteiger charge is -2.04. The first kappa shape index (κ1) is 11.3. The molecule has 0 saturated heterocycles. The summed E-state index contributed by atoms with van der Waals surface area (Å²) in [6, 6.07) is 8.01. The van der Waals surface area contributed by atoms with Gasteiger partial charge in [0.05, 0.1) is 4.90 Å². The molecule has 4 nitrogen and oxygen atoms in total. The Morgan fingerprint density at radius 1 is 1.47 bits per heavy atom. The third-order valence-electron chi connectivity index (χ3n) is 1.93. The first-order chi connectivity index (χ1) is 7.04. The summed E-state index contributed by atoms with van der Waals surface area (Å²) in [4.78, 5) is -0.319. The van der Waals surface area contributed by atoms with E-state index in [9.17, 15) is 8.42 Å². The van der Waals surface area contributed by atoms with Crippen LogP contribution in [0.4, 0.5) is 0 Å². The minimum atomic E-state index is -3.76. The summed E-state index contributed by atoms with van der Waals surface area (Å²) in [6.45, 7) is 1.67. The second kappa shape index (κ2) is 4.15. The quantitative estimate of drug-likeness (QED) is 0.759. The Labute approximate surface area is 88.6 Å². The van der Waals surface area contributed by atoms with E-state index in [0.717, 1.165) is 6.20 Å². The minimum absolute atomic E-state index is 0.114. The molecule has 0 spiro atoms. The average molecular weight is 222 g/mol. The number of hydrogen-bond acceptors (Lipinski definition) is 4. The van der Waals surface area contributed by atoms with Gasteiger partial charge in [-0.05, 0) is 18.6 Å². The number of hydrogen-bond donors (Lipinski definition) is 1. The SMILES string of the molecule is Cc1ccccc1S(=O)(=O)C(C#N)=CN. The Bertz CT molecular complexity index is 539. The molecule has 0 aliphatic heterocycles. The Morgan fingerprint density at radius 2 is 2.07 bits per heavy atom. The van der Waals surface area contributed by atoms with Crippen LogP contribution in [0, 0.1) is 18.3 Å². The molecule has 0 amide bonds. The number of nitrogens with zero attached hydrogens (tertiary/aromatic N) is 1. The number of nitriles is 1. The van der Waals surface area contributed by atoms with Crippen molar-refractivity contribution in [3.63, 3.8) is 0 Å². The van der Waals surface area contributed by atoms with E-state index in [2.05, 4.69) is 0 Å². The lowest BCUT2D eigenvalue weighted by atomic mass is 10.2. The van der Waals surface area contributed by atoms with Crippen molar-refractivity contribution in [2.45, 2.75) is 11.8 Å². The van der Waals surface area contributed by atoms with Crippen molar-refractivity contribution in [1.82, 2.24) is 0 Å². The summed E-state index contributed by atoms with van der Waals surface area (Å²) in [7, 11) is -3.76. The van der Waals surface area contributed by atoms with Crippen LogP contribution in [-0.4, -0.2) is 8.42 Å². The number of rotatable bonds is 2. The molecule has 78 valence electrons. The van der Waals surface area contributed by atoms with Gasteiger partial charge in [0, 0.05) is 6.20 Å². The van der Waals surface area contributed by atoms with Crippen molar-refractivity contribution in [2.75, 3.05) is 0 Å². The molecule has 0 heterocycles. The summed E-state index contributed by atoms with van der Waals surface area (Å²) >= 11 is 0. The predicted octanol–water partition coefficient (Wildman–Crippen LogP) is 1.09. The predicted molar refractivity (Wildman–Crippen MR) is 56.2 cm³/mol. The highest BCUT2D eigenvalue weighted by molar-refractivity contribution is 7.95. The van der Waals surface area contributed by atoms with Gasteiger partial charge in [0.1, 0.15) is 6.07 Å². The summed E-state index contributed by atoms with van der Waals surface area (Å²) in [5.41, 5.74) is 5.68. The van der Waals surface area contributed by atoms with Gasteiger partial charge < -0.3 is 5.73 Å². The Hall–Kier alpha value is -1.80. The highest BCUT2D eigenvalue weighted by Crippen LogP contribution is 2.21. The number of sulfone groups is 1. The minimum Gasteiger partial charge on any atom is -0.403 e. The zero-order valence-electron chi connectivity index (χ0n) is 8.14. The van der Waals surface area contributed by atoms with Gasteiger partial charge in [-0.15, -0.1) is 0 Å². The molecule has 1 aromatic rings. The third-order valence-corrected chi connectivity index (χ3v) is 3.78. The van der Waals surface area contributed by atoms with E-state index in [4.69, 9.17) is 11.0 Å². The summed E-state index contributed by atoms with van der Waals surface area (Å²) < 4.78 is 23.7. The molecule has 0 unspecified atom stereocenters. The van der Waals surface area contributed by atoms with Crippen molar-refractivity contribution in [3.05, 3.63) is 40.9 Å². The van der Waals surface area contributed by atoms with E-state index >= 15 is 0 Å². The molecular weight excluding hydrogens is 212 g/mol. The zero-order chi connectivity index (χ0) is 11.5. The molecular formula is C10H10N2O2S. The van der Waals surface area contributed by atoms with Crippen LogP contribution in [0.15, 0.2) is 40.3 Å². The number of nitrogens with two attached hydrogens (primary N) is 1. The Morgan fingerprint density at radius 3 is 2.53 bits per heavy atom. The fourth-order valence-electron chi connectivity index (χ4n) is 1.16. The van der Waals surface area contributed by atoms with E-state index in [1.807, 2.05) is 0 Å². The van der Waals surface area contributed by atoms with Gasteiger partial charge in [0.2, 0.25) is 9.84 Å². The van der Waals surface area contributed by atoms with Gasteiger partial charge >= 0.3 is 0 Å². The van der Waals surface area contributed by atoms with Gasteiger partial charge in [0.25, 0.3) is 0 Å². The van der Waals surface area contributed by atoms with Crippen LogP contribution in [0.3, 0.4) is 0 Å². The Balaban J connectivity index is 3.45. The maximum atomic E-state index is 11.8. The summed E-state index contributed by atoms with van der Waals surface area (Å²) in [5.74, 6) is 0. The normalized spacial score (nSPS) is 12.1. The molecule has 1 aromatic carbocycles. The van der Waals surface area contributed by atoms with Crippen molar-refractivity contribution >= 4 is 9.84 Å². The lowest BCUT2D eigenvalue weighted by Crippen LogP contribution is -2.07. The molecule has 15 heavy (non-hydrogen) atoms. The van der Waals surface area contributed by atoms with Crippen LogP contribution in [-0.2, 0) is 9.84 Å². The summed E-state index contributed by atoms with van der Waals surface area (Å²) in [5, 5.41) is 8.64. The van der Waals surface area contributed by atoms with Crippen LogP contribution < -0.4 is 5.73 Å². The van der Waals surface area contributed by atoms with Gasteiger partial charge in [-0.25, -0.2) is 8.42 Å². The number of allylic oxidation sites excluding steroid dienone is 1. The van der Waals surface area contributed by atoms with E-state index in [1.54, 1.807) is 31.2 Å². The molecule has 0 saturated carbocycles. The van der Waals surface area contributed by atoms with E-state index in [-0.39, 0.29) is 4.90 Å². The first-order valence-corrected chi connectivity index (χ1v) is 5.65. The number of aryl methyl sites for hydroxylation is 1. The fourth-order valence-corrected chi connectivity index (χ4v) is 2.45. The van der Waals surface area contributed by atoms with Crippen LogP contribution >= 0.6 is 0 Å². The smallest absolute Gasteiger partial charge is 0.218 e. The topological polar surface area (TPSA) is 84.0 Å². The molecule has 0 radical (unpaired) electrons. The monoisotopic (exact) mass is 222 g/mol. The van der Waals surface area contributed by atoms with E-state index in [0.29, 0.717) is 5.56 Å². The second-order valence-electron chi connectivity index (χ2n) is 2.91. The van der Waals surface area contributed by atoms with Crippen LogP contribution in [0.2, 0.25) is 0 Å². The van der Waals surface area contributed by atoms with Gasteiger partial charge in [-0.1, -0.05) is 18.2 Å². The van der Waals surface area contributed by atoms with E-state index < -0.39 is 14.7 Å². The lowest BCUT2D eigenvalue weighted by molar-refractivity contribution is 0.602. The molecule has 0 bridgehead atoms.